The maximum Gasteiger partial charge on any atom is 0.305 e. The molecule has 0 bridgehead atoms. The number of nitrogens with zero attached hydrogens (tertiary/aromatic N) is 2. The van der Waals surface area contributed by atoms with Crippen molar-refractivity contribution in [2.75, 3.05) is 24.7 Å². The topological polar surface area (TPSA) is 93.2 Å². The third-order valence-corrected chi connectivity index (χ3v) is 4.91. The number of hydrogen-bond donors (Lipinski definition) is 2. The van der Waals surface area contributed by atoms with E-state index >= 15 is 0 Å². The van der Waals surface area contributed by atoms with Crippen molar-refractivity contribution in [1.82, 2.24) is 15.3 Å². The first-order valence-corrected chi connectivity index (χ1v) is 10.2. The average Bonchev–Trinajstić information content (AvgIpc) is 2.76. The van der Waals surface area contributed by atoms with Gasteiger partial charge in [-0.1, -0.05) is 42.1 Å². The van der Waals surface area contributed by atoms with Gasteiger partial charge in [-0.25, -0.2) is 9.97 Å². The number of carbonyl (C=O) groups excluding carboxylic acids is 2. The van der Waals surface area contributed by atoms with Gasteiger partial charge in [0.1, 0.15) is 5.82 Å². The number of anilines is 2. The molecule has 0 aliphatic rings. The number of benzene rings is 2. The molecule has 0 fully saturated rings. The molecule has 29 heavy (non-hydrogen) atoms. The summed E-state index contributed by atoms with van der Waals surface area (Å²) in [6.45, 7) is 0.424. The highest BCUT2D eigenvalue weighted by atomic mass is 32.2. The highest BCUT2D eigenvalue weighted by Crippen LogP contribution is 2.26. The Morgan fingerprint density at radius 3 is 2.59 bits per heavy atom. The Labute approximate surface area is 173 Å². The lowest BCUT2D eigenvalue weighted by molar-refractivity contribution is -0.140. The average molecular weight is 410 g/mol. The van der Waals surface area contributed by atoms with E-state index in [1.54, 1.807) is 0 Å². The Bertz CT molecular complexity index is 982. The van der Waals surface area contributed by atoms with E-state index in [4.69, 9.17) is 0 Å². The zero-order valence-electron chi connectivity index (χ0n) is 16.1. The van der Waals surface area contributed by atoms with Crippen LogP contribution in [0.5, 0.6) is 0 Å². The molecule has 7 nitrogen and oxygen atoms in total. The van der Waals surface area contributed by atoms with Gasteiger partial charge in [-0.3, -0.25) is 9.59 Å². The summed E-state index contributed by atoms with van der Waals surface area (Å²) >= 11 is 1.27. The Morgan fingerprint density at radius 1 is 1.03 bits per heavy atom. The molecule has 1 amide bonds. The minimum atomic E-state index is -0.281. The van der Waals surface area contributed by atoms with Gasteiger partial charge in [0.2, 0.25) is 5.91 Å². The lowest BCUT2D eigenvalue weighted by atomic mass is 10.2. The van der Waals surface area contributed by atoms with Crippen LogP contribution in [-0.4, -0.2) is 41.3 Å². The molecule has 0 atom stereocenters. The van der Waals surface area contributed by atoms with Crippen molar-refractivity contribution >= 4 is 46.0 Å². The highest BCUT2D eigenvalue weighted by Gasteiger charge is 2.10. The largest absolute Gasteiger partial charge is 0.469 e. The molecule has 0 aliphatic heterocycles. The molecular formula is C21H22N4O3S. The summed E-state index contributed by atoms with van der Waals surface area (Å²) in [7, 11) is 1.35. The molecule has 2 aromatic carbocycles. The predicted octanol–water partition coefficient (Wildman–Crippen LogP) is 3.53. The maximum absolute atomic E-state index is 12.1. The van der Waals surface area contributed by atoms with Crippen LogP contribution in [0.4, 0.5) is 11.5 Å². The molecular weight excluding hydrogens is 388 g/mol. The Kier molecular flexibility index (Phi) is 7.40. The van der Waals surface area contributed by atoms with Crippen molar-refractivity contribution in [3.63, 3.8) is 0 Å². The summed E-state index contributed by atoms with van der Waals surface area (Å²) in [5, 5.41) is 7.54. The molecule has 0 saturated carbocycles. The molecule has 3 rings (SSSR count). The van der Waals surface area contributed by atoms with Crippen LogP contribution >= 0.6 is 11.8 Å². The Morgan fingerprint density at radius 2 is 1.79 bits per heavy atom. The lowest BCUT2D eigenvalue weighted by Gasteiger charge is -2.10. The summed E-state index contributed by atoms with van der Waals surface area (Å²) in [5.74, 6) is 0.482. The van der Waals surface area contributed by atoms with Crippen molar-refractivity contribution in [3.8, 4) is 0 Å². The number of para-hydroxylation sites is 2. The third kappa shape index (κ3) is 6.18. The monoisotopic (exact) mass is 410 g/mol. The summed E-state index contributed by atoms with van der Waals surface area (Å²) in [5.41, 5.74) is 1.73. The number of thioether (sulfide) groups is 1. The van der Waals surface area contributed by atoms with Gasteiger partial charge < -0.3 is 15.4 Å². The van der Waals surface area contributed by atoms with E-state index in [1.165, 1.54) is 18.9 Å². The van der Waals surface area contributed by atoms with E-state index in [2.05, 4.69) is 25.3 Å². The molecule has 0 aliphatic carbocycles. The SMILES string of the molecule is COC(=O)CCCNC(=O)CSc1nc(Nc2ccccc2)c2ccccc2n1. The lowest BCUT2D eigenvalue weighted by Crippen LogP contribution is -2.26. The highest BCUT2D eigenvalue weighted by molar-refractivity contribution is 7.99. The van der Waals surface area contributed by atoms with Crippen LogP contribution < -0.4 is 10.6 Å². The Balaban J connectivity index is 1.63. The van der Waals surface area contributed by atoms with Gasteiger partial charge in [0.25, 0.3) is 0 Å². The molecule has 0 spiro atoms. The van der Waals surface area contributed by atoms with Crippen molar-refractivity contribution in [3.05, 3.63) is 54.6 Å². The van der Waals surface area contributed by atoms with Crippen LogP contribution in [0.1, 0.15) is 12.8 Å². The number of amides is 1. The van der Waals surface area contributed by atoms with Crippen LogP contribution in [0.2, 0.25) is 0 Å². The van der Waals surface area contributed by atoms with E-state index in [1.807, 2.05) is 54.6 Å². The molecule has 1 heterocycles. The van der Waals surface area contributed by atoms with Crippen molar-refractivity contribution < 1.29 is 14.3 Å². The second kappa shape index (κ2) is 10.4. The van der Waals surface area contributed by atoms with Gasteiger partial charge in [-0.15, -0.1) is 0 Å². The number of fused-ring (bicyclic) bond motifs is 1. The van der Waals surface area contributed by atoms with Gasteiger partial charge in [0.15, 0.2) is 5.16 Å². The molecule has 0 unspecified atom stereocenters. The quantitative estimate of drug-likeness (QED) is 0.241. The maximum atomic E-state index is 12.1. The summed E-state index contributed by atoms with van der Waals surface area (Å²) in [4.78, 5) is 32.3. The number of methoxy groups -OCH3 is 1. The van der Waals surface area contributed by atoms with Crippen LogP contribution in [0.15, 0.2) is 59.8 Å². The van der Waals surface area contributed by atoms with Crippen molar-refractivity contribution in [2.45, 2.75) is 18.0 Å². The second-order valence-corrected chi connectivity index (χ2v) is 7.12. The van der Waals surface area contributed by atoms with Crippen LogP contribution in [-0.2, 0) is 14.3 Å². The predicted molar refractivity (Wildman–Crippen MR) is 114 cm³/mol. The summed E-state index contributed by atoms with van der Waals surface area (Å²) in [6, 6.07) is 17.5. The van der Waals surface area contributed by atoms with Crippen molar-refractivity contribution in [1.29, 1.82) is 0 Å². The first-order valence-electron chi connectivity index (χ1n) is 9.21. The summed E-state index contributed by atoms with van der Waals surface area (Å²) < 4.78 is 4.57. The minimum Gasteiger partial charge on any atom is -0.469 e. The number of rotatable bonds is 9. The van der Waals surface area contributed by atoms with Crippen LogP contribution in [0.3, 0.4) is 0 Å². The first kappa shape index (κ1) is 20.6. The van der Waals surface area contributed by atoms with Gasteiger partial charge in [0.05, 0.1) is 18.4 Å². The third-order valence-electron chi connectivity index (χ3n) is 4.06. The van der Waals surface area contributed by atoms with Gasteiger partial charge in [0, 0.05) is 24.0 Å². The van der Waals surface area contributed by atoms with Gasteiger partial charge in [-0.05, 0) is 30.7 Å². The number of nitrogens with one attached hydrogen (secondary N) is 2. The zero-order chi connectivity index (χ0) is 20.5. The number of ether oxygens (including phenoxy) is 1. The molecule has 150 valence electrons. The minimum absolute atomic E-state index is 0.130. The molecule has 3 aromatic rings. The number of carbonyl (C=O) groups is 2. The van der Waals surface area contributed by atoms with E-state index in [0.29, 0.717) is 23.9 Å². The van der Waals surface area contributed by atoms with E-state index in [9.17, 15) is 9.59 Å². The fourth-order valence-electron chi connectivity index (χ4n) is 2.62. The molecule has 0 radical (unpaired) electrons. The fourth-order valence-corrected chi connectivity index (χ4v) is 3.30. The summed E-state index contributed by atoms with van der Waals surface area (Å²) in [6.07, 6.45) is 0.826. The van der Waals surface area contributed by atoms with E-state index in [0.717, 1.165) is 16.6 Å². The first-order chi connectivity index (χ1) is 14.2. The smallest absolute Gasteiger partial charge is 0.305 e. The number of esters is 1. The van der Waals surface area contributed by atoms with Gasteiger partial charge >= 0.3 is 5.97 Å². The Hall–Kier alpha value is -3.13. The van der Waals surface area contributed by atoms with Crippen LogP contribution in [0, 0.1) is 0 Å². The molecule has 1 aromatic heterocycles. The van der Waals surface area contributed by atoms with Gasteiger partial charge in [-0.2, -0.15) is 0 Å². The number of hydrogen-bond acceptors (Lipinski definition) is 7. The molecule has 2 N–H and O–H groups in total. The molecule has 8 heteroatoms. The number of aromatic nitrogens is 2. The normalized spacial score (nSPS) is 10.5. The standard InChI is InChI=1S/C21H22N4O3S/c1-28-19(27)12-7-13-22-18(26)14-29-21-24-17-11-6-5-10-16(17)20(25-21)23-15-8-3-2-4-9-15/h2-6,8-11H,7,12-14H2,1H3,(H,22,26)(H,23,24,25). The van der Waals surface area contributed by atoms with Crippen molar-refractivity contribution in [2.24, 2.45) is 0 Å². The fraction of sp³-hybridized carbons (Fsp3) is 0.238. The van der Waals surface area contributed by atoms with Crippen LogP contribution in [0.25, 0.3) is 10.9 Å². The van der Waals surface area contributed by atoms with E-state index in [-0.39, 0.29) is 24.1 Å². The molecule has 0 saturated heterocycles. The zero-order valence-corrected chi connectivity index (χ0v) is 16.9. The van der Waals surface area contributed by atoms with E-state index < -0.39 is 0 Å². The second-order valence-electron chi connectivity index (χ2n) is 6.18.